The first-order chi connectivity index (χ1) is 8.99. The Morgan fingerprint density at radius 2 is 1.84 bits per heavy atom. The van der Waals surface area contributed by atoms with Crippen LogP contribution in [0.15, 0.2) is 36.4 Å². The molecule has 0 aliphatic rings. The van der Waals surface area contributed by atoms with E-state index in [4.69, 9.17) is 10.5 Å². The maximum atomic E-state index is 13.8. The Bertz CT molecular complexity index is 593. The average molecular weight is 259 g/mol. The van der Waals surface area contributed by atoms with Crippen LogP contribution < -0.4 is 10.5 Å². The van der Waals surface area contributed by atoms with Crippen molar-refractivity contribution < 1.29 is 9.13 Å². The smallest absolute Gasteiger partial charge is 0.135 e. The maximum absolute atomic E-state index is 13.8. The van der Waals surface area contributed by atoms with Gasteiger partial charge in [-0.25, -0.2) is 4.39 Å². The molecule has 2 aromatic carbocycles. The van der Waals surface area contributed by atoms with E-state index in [1.807, 2.05) is 32.0 Å². The molecule has 100 valence electrons. The second-order valence-electron chi connectivity index (χ2n) is 4.79. The highest BCUT2D eigenvalue weighted by Gasteiger charge is 2.14. The van der Waals surface area contributed by atoms with Gasteiger partial charge >= 0.3 is 0 Å². The van der Waals surface area contributed by atoms with Gasteiger partial charge in [0.2, 0.25) is 0 Å². The second-order valence-corrected chi connectivity index (χ2v) is 4.79. The highest BCUT2D eigenvalue weighted by Crippen LogP contribution is 2.31. The molecule has 2 rings (SSSR count). The summed E-state index contributed by atoms with van der Waals surface area (Å²) in [5, 5.41) is 0. The highest BCUT2D eigenvalue weighted by atomic mass is 19.1. The summed E-state index contributed by atoms with van der Waals surface area (Å²) < 4.78 is 19.6. The molecule has 0 bridgehead atoms. The van der Waals surface area contributed by atoms with E-state index in [-0.39, 0.29) is 5.82 Å². The van der Waals surface area contributed by atoms with Crippen molar-refractivity contribution in [1.82, 2.24) is 0 Å². The predicted octanol–water partition coefficient (Wildman–Crippen LogP) is 4.25. The number of aryl methyl sites for hydroxylation is 2. The van der Waals surface area contributed by atoms with E-state index >= 15 is 0 Å². The number of rotatable bonds is 3. The minimum absolute atomic E-state index is 0.337. The van der Waals surface area contributed by atoms with Gasteiger partial charge in [-0.2, -0.15) is 0 Å². The predicted molar refractivity (Wildman–Crippen MR) is 75.0 cm³/mol. The molecule has 0 amide bonds. The van der Waals surface area contributed by atoms with Gasteiger partial charge in [-0.3, -0.25) is 0 Å². The number of ether oxygens (including phenoxy) is 1. The lowest BCUT2D eigenvalue weighted by atomic mass is 10.1. The molecule has 0 saturated carbocycles. The van der Waals surface area contributed by atoms with Crippen LogP contribution in [0.3, 0.4) is 0 Å². The lowest BCUT2D eigenvalue weighted by Crippen LogP contribution is -2.09. The molecule has 1 unspecified atom stereocenters. The molecule has 0 aliphatic carbocycles. The summed E-state index contributed by atoms with van der Waals surface area (Å²) in [6, 6.07) is 10.1. The van der Waals surface area contributed by atoms with Crippen LogP contribution in [-0.4, -0.2) is 0 Å². The summed E-state index contributed by atoms with van der Waals surface area (Å²) in [6.07, 6.45) is 0. The van der Waals surface area contributed by atoms with E-state index in [1.165, 1.54) is 11.6 Å². The maximum Gasteiger partial charge on any atom is 0.135 e. The second kappa shape index (κ2) is 5.41. The fourth-order valence-corrected chi connectivity index (χ4v) is 1.95. The normalized spacial score (nSPS) is 12.3. The van der Waals surface area contributed by atoms with Crippen molar-refractivity contribution in [1.29, 1.82) is 0 Å². The van der Waals surface area contributed by atoms with Crippen molar-refractivity contribution in [2.45, 2.75) is 26.8 Å². The van der Waals surface area contributed by atoms with Crippen LogP contribution in [0.4, 0.5) is 4.39 Å². The Hall–Kier alpha value is -1.87. The molecular formula is C16H18FNO. The topological polar surface area (TPSA) is 35.2 Å². The molecule has 0 fully saturated rings. The molecule has 0 heterocycles. The molecule has 2 nitrogen and oxygen atoms in total. The van der Waals surface area contributed by atoms with Crippen LogP contribution in [0, 0.1) is 19.7 Å². The first kappa shape index (κ1) is 13.6. The quantitative estimate of drug-likeness (QED) is 0.894. The number of hydrogen-bond acceptors (Lipinski definition) is 2. The molecule has 0 saturated heterocycles. The van der Waals surface area contributed by atoms with E-state index in [1.54, 1.807) is 19.1 Å². The van der Waals surface area contributed by atoms with Crippen LogP contribution in [0.5, 0.6) is 11.5 Å². The highest BCUT2D eigenvalue weighted by molar-refractivity contribution is 5.42. The fraction of sp³-hybridized carbons (Fsp3) is 0.250. The lowest BCUT2D eigenvalue weighted by Gasteiger charge is -2.15. The summed E-state index contributed by atoms with van der Waals surface area (Å²) in [4.78, 5) is 0. The Labute approximate surface area is 113 Å². The van der Waals surface area contributed by atoms with Crippen molar-refractivity contribution in [2.75, 3.05) is 0 Å². The third-order valence-corrected chi connectivity index (χ3v) is 3.17. The zero-order valence-corrected chi connectivity index (χ0v) is 11.4. The standard InChI is InChI=1S/C16H18FNO/c1-10-7-8-13(9-11(10)2)19-15-6-4-5-14(17)16(15)12(3)18/h4-9,12H,18H2,1-3H3. The molecule has 2 N–H and O–H groups in total. The minimum Gasteiger partial charge on any atom is -0.457 e. The Kier molecular flexibility index (Phi) is 3.86. The Morgan fingerprint density at radius 3 is 2.47 bits per heavy atom. The fourth-order valence-electron chi connectivity index (χ4n) is 1.95. The van der Waals surface area contributed by atoms with Crippen molar-refractivity contribution in [3.63, 3.8) is 0 Å². The molecule has 19 heavy (non-hydrogen) atoms. The Morgan fingerprint density at radius 1 is 1.11 bits per heavy atom. The number of benzene rings is 2. The van der Waals surface area contributed by atoms with Gasteiger partial charge in [0.25, 0.3) is 0 Å². The number of nitrogens with two attached hydrogens (primary N) is 1. The minimum atomic E-state index is -0.414. The average Bonchev–Trinajstić information content (AvgIpc) is 2.33. The molecule has 0 aromatic heterocycles. The van der Waals surface area contributed by atoms with Crippen molar-refractivity contribution in [2.24, 2.45) is 5.73 Å². The van der Waals surface area contributed by atoms with Crippen molar-refractivity contribution in [3.05, 3.63) is 58.9 Å². The molecule has 2 aromatic rings. The summed E-state index contributed by atoms with van der Waals surface area (Å²) in [7, 11) is 0. The van der Waals surface area contributed by atoms with Gasteiger partial charge < -0.3 is 10.5 Å². The van der Waals surface area contributed by atoms with Gasteiger partial charge in [-0.1, -0.05) is 12.1 Å². The van der Waals surface area contributed by atoms with Crippen molar-refractivity contribution in [3.8, 4) is 11.5 Å². The number of hydrogen-bond donors (Lipinski definition) is 1. The first-order valence-corrected chi connectivity index (χ1v) is 6.28. The SMILES string of the molecule is Cc1ccc(Oc2cccc(F)c2C(C)N)cc1C. The first-order valence-electron chi connectivity index (χ1n) is 6.28. The summed E-state index contributed by atoms with van der Waals surface area (Å²) in [5.74, 6) is 0.824. The molecular weight excluding hydrogens is 241 g/mol. The molecule has 0 radical (unpaired) electrons. The third kappa shape index (κ3) is 2.93. The van der Waals surface area contributed by atoms with E-state index < -0.39 is 6.04 Å². The lowest BCUT2D eigenvalue weighted by molar-refractivity contribution is 0.460. The van der Waals surface area contributed by atoms with Gasteiger partial charge in [-0.15, -0.1) is 0 Å². The largest absolute Gasteiger partial charge is 0.457 e. The molecule has 3 heteroatoms. The van der Waals surface area contributed by atoms with Crippen LogP contribution in [0.25, 0.3) is 0 Å². The summed E-state index contributed by atoms with van der Waals surface area (Å²) in [6.45, 7) is 5.79. The Balaban J connectivity index is 2.38. The van der Waals surface area contributed by atoms with Crippen LogP contribution in [0.1, 0.15) is 29.7 Å². The van der Waals surface area contributed by atoms with Gasteiger partial charge in [0.1, 0.15) is 17.3 Å². The van der Waals surface area contributed by atoms with Crippen LogP contribution >= 0.6 is 0 Å². The molecule has 0 spiro atoms. The zero-order chi connectivity index (χ0) is 14.0. The van der Waals surface area contributed by atoms with Gasteiger partial charge in [0, 0.05) is 11.6 Å². The van der Waals surface area contributed by atoms with Gasteiger partial charge in [0.15, 0.2) is 0 Å². The summed E-state index contributed by atoms with van der Waals surface area (Å²) in [5.41, 5.74) is 8.54. The van der Waals surface area contributed by atoms with E-state index in [0.717, 1.165) is 5.56 Å². The van der Waals surface area contributed by atoms with Crippen LogP contribution in [0.2, 0.25) is 0 Å². The zero-order valence-electron chi connectivity index (χ0n) is 11.4. The third-order valence-electron chi connectivity index (χ3n) is 3.17. The molecule has 0 aliphatic heterocycles. The van der Waals surface area contributed by atoms with E-state index in [0.29, 0.717) is 17.1 Å². The number of halogens is 1. The summed E-state index contributed by atoms with van der Waals surface area (Å²) >= 11 is 0. The van der Waals surface area contributed by atoms with Crippen LogP contribution in [-0.2, 0) is 0 Å². The monoisotopic (exact) mass is 259 g/mol. The van der Waals surface area contributed by atoms with Crippen molar-refractivity contribution >= 4 is 0 Å². The van der Waals surface area contributed by atoms with E-state index in [9.17, 15) is 4.39 Å². The van der Waals surface area contributed by atoms with Gasteiger partial charge in [-0.05, 0) is 56.2 Å². The van der Waals surface area contributed by atoms with E-state index in [2.05, 4.69) is 0 Å². The molecule has 1 atom stereocenters. The van der Waals surface area contributed by atoms with Gasteiger partial charge in [0.05, 0.1) is 0 Å².